The number of nitrogens with zero attached hydrogens (tertiary/aromatic N) is 3. The van der Waals surface area contributed by atoms with Gasteiger partial charge in [-0.25, -0.2) is 4.79 Å². The Labute approximate surface area is 191 Å². The number of aryl methyl sites for hydroxylation is 1. The molecule has 7 nitrogen and oxygen atoms in total. The van der Waals surface area contributed by atoms with Gasteiger partial charge in [-0.2, -0.15) is 0 Å². The van der Waals surface area contributed by atoms with Gasteiger partial charge in [0.05, 0.1) is 11.2 Å². The van der Waals surface area contributed by atoms with Crippen molar-refractivity contribution in [1.82, 2.24) is 13.7 Å². The summed E-state index contributed by atoms with van der Waals surface area (Å²) in [7, 11) is 1.63. The predicted molar refractivity (Wildman–Crippen MR) is 129 cm³/mol. The Hall–Kier alpha value is -3.39. The van der Waals surface area contributed by atoms with Crippen molar-refractivity contribution in [1.29, 1.82) is 0 Å². The van der Waals surface area contributed by atoms with Gasteiger partial charge in [0.15, 0.2) is 0 Å². The van der Waals surface area contributed by atoms with Crippen LogP contribution in [0.2, 0.25) is 0 Å². The molecule has 0 amide bonds. The summed E-state index contributed by atoms with van der Waals surface area (Å²) in [4.78, 5) is 40.4. The lowest BCUT2D eigenvalue weighted by Gasteiger charge is -2.20. The zero-order valence-corrected chi connectivity index (χ0v) is 19.2. The molecule has 0 radical (unpaired) electrons. The first-order chi connectivity index (χ1) is 15.4. The van der Waals surface area contributed by atoms with Gasteiger partial charge in [-0.3, -0.25) is 23.3 Å². The molecule has 0 saturated heterocycles. The van der Waals surface area contributed by atoms with E-state index in [2.05, 4.69) is 21.2 Å². The van der Waals surface area contributed by atoms with E-state index in [1.54, 1.807) is 26.1 Å². The van der Waals surface area contributed by atoms with E-state index in [0.717, 1.165) is 23.0 Å². The smallest absolute Gasteiger partial charge is 0.336 e. The molecule has 1 fully saturated rings. The molecule has 5 rings (SSSR count). The largest absolute Gasteiger partial charge is 0.341 e. The predicted octanol–water partition coefficient (Wildman–Crippen LogP) is 4.00. The highest BCUT2D eigenvalue weighted by Crippen LogP contribution is 2.34. The summed E-state index contributed by atoms with van der Waals surface area (Å²) in [5.74, 6) is 0.368. The Bertz CT molecular complexity index is 1530. The second kappa shape index (κ2) is 7.63. The first-order valence-corrected chi connectivity index (χ1v) is 11.2. The Morgan fingerprint density at radius 3 is 2.22 bits per heavy atom. The third kappa shape index (κ3) is 3.22. The standard InChI is InChI=1S/C24H21BrN4O3/c1-14-20-19(21(27(2)22(14)30)26-16-6-4-3-5-7-16)23(31)29(18-12-13-18)24(32)28(20)17-10-8-15(25)9-11-17/h3-11,18,26H,12-13H2,1-2H3. The molecule has 1 saturated carbocycles. The SMILES string of the molecule is Cc1c(=O)n(C)c(Nc2ccccc2)c2c(=O)n(C3CC3)c(=O)n(-c3ccc(Br)cc3)c12. The van der Waals surface area contributed by atoms with Crippen molar-refractivity contribution >= 4 is 38.3 Å². The second-order valence-electron chi connectivity index (χ2n) is 8.05. The Morgan fingerprint density at radius 1 is 0.938 bits per heavy atom. The molecule has 0 unspecified atom stereocenters. The van der Waals surface area contributed by atoms with Gasteiger partial charge in [-0.15, -0.1) is 0 Å². The van der Waals surface area contributed by atoms with Crippen LogP contribution in [-0.4, -0.2) is 13.7 Å². The number of fused-ring (bicyclic) bond motifs is 1. The molecule has 2 heterocycles. The van der Waals surface area contributed by atoms with Crippen molar-refractivity contribution in [3.63, 3.8) is 0 Å². The summed E-state index contributed by atoms with van der Waals surface area (Å²) >= 11 is 3.42. The zero-order valence-electron chi connectivity index (χ0n) is 17.6. The van der Waals surface area contributed by atoms with E-state index in [0.29, 0.717) is 28.0 Å². The Kier molecular flexibility index (Phi) is 4.89. The number of halogens is 1. The third-order valence-electron chi connectivity index (χ3n) is 5.88. The molecule has 0 atom stereocenters. The zero-order chi connectivity index (χ0) is 22.6. The molecule has 32 heavy (non-hydrogen) atoms. The van der Waals surface area contributed by atoms with Crippen molar-refractivity contribution < 1.29 is 0 Å². The van der Waals surface area contributed by atoms with Gasteiger partial charge in [-0.1, -0.05) is 34.1 Å². The van der Waals surface area contributed by atoms with Crippen LogP contribution < -0.4 is 22.1 Å². The minimum Gasteiger partial charge on any atom is -0.341 e. The summed E-state index contributed by atoms with van der Waals surface area (Å²) in [6, 6.07) is 16.5. The van der Waals surface area contributed by atoms with Gasteiger partial charge < -0.3 is 5.32 Å². The number of nitrogens with one attached hydrogen (secondary N) is 1. The van der Waals surface area contributed by atoms with Crippen LogP contribution in [0.15, 0.2) is 73.5 Å². The number of aromatic nitrogens is 3. The number of rotatable bonds is 4. The van der Waals surface area contributed by atoms with Crippen LogP contribution in [-0.2, 0) is 7.05 Å². The molecule has 2 aromatic heterocycles. The molecular formula is C24H21BrN4O3. The number of hydrogen-bond acceptors (Lipinski definition) is 4. The first-order valence-electron chi connectivity index (χ1n) is 10.4. The summed E-state index contributed by atoms with van der Waals surface area (Å²) in [5.41, 5.74) is 0.949. The quantitative estimate of drug-likeness (QED) is 0.466. The lowest BCUT2D eigenvalue weighted by molar-refractivity contribution is 0.643. The highest BCUT2D eigenvalue weighted by molar-refractivity contribution is 9.10. The maximum atomic E-state index is 13.7. The van der Waals surface area contributed by atoms with Crippen LogP contribution >= 0.6 is 15.9 Å². The number of benzene rings is 2. The van der Waals surface area contributed by atoms with Crippen LogP contribution in [0.5, 0.6) is 0 Å². The minimum atomic E-state index is -0.422. The van der Waals surface area contributed by atoms with E-state index >= 15 is 0 Å². The molecule has 1 N–H and O–H groups in total. The lowest BCUT2D eigenvalue weighted by atomic mass is 10.1. The molecule has 0 aliphatic heterocycles. The molecule has 162 valence electrons. The molecule has 1 aliphatic carbocycles. The number of pyridine rings is 1. The Morgan fingerprint density at radius 2 is 1.59 bits per heavy atom. The van der Waals surface area contributed by atoms with E-state index in [1.165, 1.54) is 13.7 Å². The monoisotopic (exact) mass is 492 g/mol. The molecule has 4 aromatic rings. The normalized spacial score (nSPS) is 13.5. The van der Waals surface area contributed by atoms with Gasteiger partial charge in [0.2, 0.25) is 0 Å². The fourth-order valence-electron chi connectivity index (χ4n) is 4.10. The van der Waals surface area contributed by atoms with Crippen LogP contribution in [0.1, 0.15) is 24.4 Å². The summed E-state index contributed by atoms with van der Waals surface area (Å²) in [5, 5.41) is 3.57. The molecule has 0 spiro atoms. The molecular weight excluding hydrogens is 472 g/mol. The van der Waals surface area contributed by atoms with Gasteiger partial charge in [-0.05, 0) is 56.2 Å². The fourth-order valence-corrected chi connectivity index (χ4v) is 4.37. The van der Waals surface area contributed by atoms with Crippen molar-refractivity contribution in [2.24, 2.45) is 7.05 Å². The highest BCUT2D eigenvalue weighted by atomic mass is 79.9. The Balaban J connectivity index is 1.96. The van der Waals surface area contributed by atoms with E-state index in [1.807, 2.05) is 42.5 Å². The van der Waals surface area contributed by atoms with Crippen LogP contribution in [0.3, 0.4) is 0 Å². The van der Waals surface area contributed by atoms with E-state index in [9.17, 15) is 14.4 Å². The highest BCUT2D eigenvalue weighted by Gasteiger charge is 2.31. The number of hydrogen-bond donors (Lipinski definition) is 1. The van der Waals surface area contributed by atoms with Crippen molar-refractivity contribution in [2.45, 2.75) is 25.8 Å². The summed E-state index contributed by atoms with van der Waals surface area (Å²) < 4.78 is 5.15. The van der Waals surface area contributed by atoms with Crippen LogP contribution in [0, 0.1) is 6.92 Å². The second-order valence-corrected chi connectivity index (χ2v) is 8.97. The topological polar surface area (TPSA) is 78.0 Å². The number of para-hydroxylation sites is 1. The van der Waals surface area contributed by atoms with Crippen molar-refractivity contribution in [3.05, 3.63) is 95.8 Å². The molecule has 1 aliphatic rings. The van der Waals surface area contributed by atoms with E-state index in [-0.39, 0.29) is 17.2 Å². The summed E-state index contributed by atoms with van der Waals surface area (Å²) in [6.07, 6.45) is 1.57. The number of anilines is 2. The van der Waals surface area contributed by atoms with Crippen LogP contribution in [0.25, 0.3) is 16.6 Å². The fraction of sp³-hybridized carbons (Fsp3) is 0.208. The van der Waals surface area contributed by atoms with Gasteiger partial charge in [0.25, 0.3) is 11.1 Å². The maximum absolute atomic E-state index is 13.7. The molecule has 2 aromatic carbocycles. The third-order valence-corrected chi connectivity index (χ3v) is 6.41. The average molecular weight is 493 g/mol. The minimum absolute atomic E-state index is 0.122. The molecule has 8 heteroatoms. The summed E-state index contributed by atoms with van der Waals surface area (Å²) in [6.45, 7) is 1.66. The van der Waals surface area contributed by atoms with Crippen LogP contribution in [0.4, 0.5) is 11.5 Å². The van der Waals surface area contributed by atoms with Gasteiger partial charge in [0, 0.05) is 28.8 Å². The van der Waals surface area contributed by atoms with Crippen molar-refractivity contribution in [3.8, 4) is 5.69 Å². The lowest BCUT2D eigenvalue weighted by Crippen LogP contribution is -2.41. The van der Waals surface area contributed by atoms with E-state index in [4.69, 9.17) is 0 Å². The first kappa shape index (κ1) is 20.5. The average Bonchev–Trinajstić information content (AvgIpc) is 3.62. The maximum Gasteiger partial charge on any atom is 0.336 e. The van der Waals surface area contributed by atoms with Gasteiger partial charge >= 0.3 is 5.69 Å². The molecule has 0 bridgehead atoms. The van der Waals surface area contributed by atoms with E-state index < -0.39 is 5.69 Å². The van der Waals surface area contributed by atoms with Gasteiger partial charge in [0.1, 0.15) is 11.2 Å². The van der Waals surface area contributed by atoms with Crippen molar-refractivity contribution in [2.75, 3.05) is 5.32 Å².